The minimum Gasteiger partial charge on any atom is -0.456 e. The van der Waals surface area contributed by atoms with E-state index in [4.69, 9.17) is 45.3 Å². The molecule has 0 aromatic heterocycles. The molecule has 0 bridgehead atoms. The lowest BCUT2D eigenvalue weighted by Crippen LogP contribution is -2.17. The largest absolute Gasteiger partial charge is 0.456 e. The van der Waals surface area contributed by atoms with Gasteiger partial charge in [0.2, 0.25) is 0 Å². The van der Waals surface area contributed by atoms with Crippen LogP contribution in [0.25, 0.3) is 0 Å². The number of hydrogen-bond donors (Lipinski definition) is 1. The Kier molecular flexibility index (Phi) is 5.17. The third kappa shape index (κ3) is 4.03. The van der Waals surface area contributed by atoms with Gasteiger partial charge in [0.1, 0.15) is 11.5 Å². The third-order valence-electron chi connectivity index (χ3n) is 2.67. The fraction of sp³-hybridized carbons (Fsp3) is 0.200. The summed E-state index contributed by atoms with van der Waals surface area (Å²) < 4.78 is 5.70. The average molecular weight is 331 g/mol. The van der Waals surface area contributed by atoms with Crippen molar-refractivity contribution in [3.63, 3.8) is 0 Å². The van der Waals surface area contributed by atoms with Gasteiger partial charge in [-0.3, -0.25) is 0 Å². The minimum absolute atomic E-state index is 0.0907. The van der Waals surface area contributed by atoms with Crippen molar-refractivity contribution in [1.29, 1.82) is 0 Å². The maximum absolute atomic E-state index is 6.21. The van der Waals surface area contributed by atoms with E-state index in [1.54, 1.807) is 18.2 Å². The summed E-state index contributed by atoms with van der Waals surface area (Å²) in [7, 11) is 0. The molecule has 0 heterocycles. The summed E-state index contributed by atoms with van der Waals surface area (Å²) in [6.45, 7) is 1.95. The van der Waals surface area contributed by atoms with E-state index in [1.165, 1.54) is 0 Å². The Morgan fingerprint density at radius 1 is 1.00 bits per heavy atom. The zero-order valence-electron chi connectivity index (χ0n) is 10.9. The van der Waals surface area contributed by atoms with Crippen LogP contribution in [-0.2, 0) is 6.42 Å². The summed E-state index contributed by atoms with van der Waals surface area (Å²) in [4.78, 5) is 0. The average Bonchev–Trinajstić information content (AvgIpc) is 2.36. The van der Waals surface area contributed by atoms with Gasteiger partial charge < -0.3 is 10.5 Å². The first kappa shape index (κ1) is 15.5. The molecule has 2 N–H and O–H groups in total. The number of rotatable bonds is 4. The van der Waals surface area contributed by atoms with Crippen molar-refractivity contribution in [3.8, 4) is 11.5 Å². The molecule has 2 rings (SSSR count). The molecule has 0 aliphatic heterocycles. The van der Waals surface area contributed by atoms with E-state index in [9.17, 15) is 0 Å². The van der Waals surface area contributed by atoms with Crippen LogP contribution in [0.2, 0.25) is 15.1 Å². The van der Waals surface area contributed by atoms with Crippen molar-refractivity contribution < 1.29 is 4.74 Å². The van der Waals surface area contributed by atoms with E-state index in [0.29, 0.717) is 26.6 Å². The molecule has 1 unspecified atom stereocenters. The van der Waals surface area contributed by atoms with Crippen LogP contribution < -0.4 is 10.5 Å². The molecule has 0 fully saturated rings. The van der Waals surface area contributed by atoms with Gasteiger partial charge in [0.05, 0.1) is 15.1 Å². The fourth-order valence-electron chi connectivity index (χ4n) is 1.79. The number of halogens is 3. The second kappa shape index (κ2) is 6.68. The predicted octanol–water partition coefficient (Wildman–Crippen LogP) is 5.33. The Morgan fingerprint density at radius 3 is 2.35 bits per heavy atom. The summed E-state index contributed by atoms with van der Waals surface area (Å²) in [5.41, 5.74) is 6.84. The molecule has 0 radical (unpaired) electrons. The monoisotopic (exact) mass is 329 g/mol. The van der Waals surface area contributed by atoms with Gasteiger partial charge in [0.15, 0.2) is 0 Å². The van der Waals surface area contributed by atoms with E-state index in [1.807, 2.05) is 25.1 Å². The zero-order chi connectivity index (χ0) is 14.7. The van der Waals surface area contributed by atoms with E-state index >= 15 is 0 Å². The number of hydrogen-bond acceptors (Lipinski definition) is 2. The minimum atomic E-state index is 0.0907. The van der Waals surface area contributed by atoms with Gasteiger partial charge in [-0.1, -0.05) is 40.9 Å². The topological polar surface area (TPSA) is 35.2 Å². The zero-order valence-corrected chi connectivity index (χ0v) is 13.1. The smallest absolute Gasteiger partial charge is 0.146 e. The Balaban J connectivity index is 2.19. The molecule has 0 saturated carbocycles. The van der Waals surface area contributed by atoms with E-state index < -0.39 is 0 Å². The molecular formula is C15H14Cl3NO. The van der Waals surface area contributed by atoms with Gasteiger partial charge in [-0.15, -0.1) is 0 Å². The molecule has 2 aromatic carbocycles. The Labute approximate surface area is 133 Å². The molecule has 0 spiro atoms. The number of benzene rings is 2. The summed E-state index contributed by atoms with van der Waals surface area (Å²) in [5.74, 6) is 1.15. The second-order valence-electron chi connectivity index (χ2n) is 4.62. The van der Waals surface area contributed by atoms with Crippen molar-refractivity contribution in [2.75, 3.05) is 0 Å². The molecule has 5 heteroatoms. The summed E-state index contributed by atoms with van der Waals surface area (Å²) >= 11 is 18.0. The molecular weight excluding hydrogens is 317 g/mol. The van der Waals surface area contributed by atoms with Gasteiger partial charge in [-0.05, 0) is 43.2 Å². The standard InChI is InChI=1S/C15H14Cl3NO/c1-9(19)6-10-2-5-15(14(18)7-10)20-11-3-4-12(16)13(17)8-11/h2-5,7-9H,6,19H2,1H3. The van der Waals surface area contributed by atoms with Crippen molar-refractivity contribution in [1.82, 2.24) is 0 Å². The lowest BCUT2D eigenvalue weighted by molar-refractivity contribution is 0.482. The maximum Gasteiger partial charge on any atom is 0.146 e. The summed E-state index contributed by atoms with van der Waals surface area (Å²) in [6.07, 6.45) is 0.771. The molecule has 2 nitrogen and oxygen atoms in total. The van der Waals surface area contributed by atoms with Gasteiger partial charge in [-0.2, -0.15) is 0 Å². The van der Waals surface area contributed by atoms with Gasteiger partial charge in [-0.25, -0.2) is 0 Å². The third-order valence-corrected chi connectivity index (χ3v) is 3.71. The van der Waals surface area contributed by atoms with Crippen molar-refractivity contribution >= 4 is 34.8 Å². The highest BCUT2D eigenvalue weighted by molar-refractivity contribution is 6.42. The van der Waals surface area contributed by atoms with Gasteiger partial charge >= 0.3 is 0 Å². The lowest BCUT2D eigenvalue weighted by Gasteiger charge is -2.11. The highest BCUT2D eigenvalue weighted by atomic mass is 35.5. The van der Waals surface area contributed by atoms with Crippen molar-refractivity contribution in [2.45, 2.75) is 19.4 Å². The van der Waals surface area contributed by atoms with Crippen molar-refractivity contribution in [2.24, 2.45) is 5.73 Å². The Bertz CT molecular complexity index is 614. The van der Waals surface area contributed by atoms with Crippen LogP contribution in [0.3, 0.4) is 0 Å². The van der Waals surface area contributed by atoms with Crippen LogP contribution >= 0.6 is 34.8 Å². The number of nitrogens with two attached hydrogens (primary N) is 1. The molecule has 20 heavy (non-hydrogen) atoms. The van der Waals surface area contributed by atoms with Crippen LogP contribution in [0.1, 0.15) is 12.5 Å². The van der Waals surface area contributed by atoms with Crippen LogP contribution in [0.15, 0.2) is 36.4 Å². The van der Waals surface area contributed by atoms with Crippen LogP contribution in [-0.4, -0.2) is 6.04 Å². The fourth-order valence-corrected chi connectivity index (χ4v) is 2.32. The first-order chi connectivity index (χ1) is 9.45. The molecule has 106 valence electrons. The van der Waals surface area contributed by atoms with Crippen LogP contribution in [0.4, 0.5) is 0 Å². The van der Waals surface area contributed by atoms with Crippen LogP contribution in [0.5, 0.6) is 11.5 Å². The van der Waals surface area contributed by atoms with E-state index in [0.717, 1.165) is 12.0 Å². The summed E-state index contributed by atoms with van der Waals surface area (Å²) in [5, 5.41) is 1.46. The molecule has 0 amide bonds. The Hall–Kier alpha value is -0.930. The van der Waals surface area contributed by atoms with E-state index in [2.05, 4.69) is 0 Å². The summed E-state index contributed by atoms with van der Waals surface area (Å²) in [6, 6.07) is 10.8. The molecule has 1 atom stereocenters. The van der Waals surface area contributed by atoms with Gasteiger partial charge in [0, 0.05) is 12.1 Å². The highest BCUT2D eigenvalue weighted by Crippen LogP contribution is 2.33. The van der Waals surface area contributed by atoms with E-state index in [-0.39, 0.29) is 6.04 Å². The first-order valence-corrected chi connectivity index (χ1v) is 7.26. The quantitative estimate of drug-likeness (QED) is 0.822. The van der Waals surface area contributed by atoms with Crippen LogP contribution in [0, 0.1) is 0 Å². The van der Waals surface area contributed by atoms with Gasteiger partial charge in [0.25, 0.3) is 0 Å². The van der Waals surface area contributed by atoms with Crippen molar-refractivity contribution in [3.05, 3.63) is 57.0 Å². The predicted molar refractivity (Wildman–Crippen MR) is 85.3 cm³/mol. The highest BCUT2D eigenvalue weighted by Gasteiger charge is 2.07. The normalized spacial score (nSPS) is 12.2. The molecule has 2 aromatic rings. The molecule has 0 aliphatic carbocycles. The SMILES string of the molecule is CC(N)Cc1ccc(Oc2ccc(Cl)c(Cl)c2)c(Cl)c1. The maximum atomic E-state index is 6.21. The number of ether oxygens (including phenoxy) is 1. The second-order valence-corrected chi connectivity index (χ2v) is 5.85. The lowest BCUT2D eigenvalue weighted by atomic mass is 10.1. The molecule has 0 saturated heterocycles. The molecule has 0 aliphatic rings. The first-order valence-electron chi connectivity index (χ1n) is 6.12. The Morgan fingerprint density at radius 2 is 1.75 bits per heavy atom.